The highest BCUT2D eigenvalue weighted by Gasteiger charge is 2.46. The lowest BCUT2D eigenvalue weighted by molar-refractivity contribution is -0.148. The fourth-order valence-corrected chi connectivity index (χ4v) is 3.03. The molecule has 0 aromatic carbocycles. The number of carbonyl (C=O) groups is 2. The Hall–Kier alpha value is -1.26. The van der Waals surface area contributed by atoms with Crippen LogP contribution in [0.25, 0.3) is 0 Å². The van der Waals surface area contributed by atoms with E-state index in [0.29, 0.717) is 12.5 Å². The summed E-state index contributed by atoms with van der Waals surface area (Å²) in [6.07, 6.45) is 1.72. The van der Waals surface area contributed by atoms with Crippen LogP contribution in [0.3, 0.4) is 0 Å². The van der Waals surface area contributed by atoms with Gasteiger partial charge in [0, 0.05) is 19.6 Å². The summed E-state index contributed by atoms with van der Waals surface area (Å²) in [6.45, 7) is 6.40. The van der Waals surface area contributed by atoms with Gasteiger partial charge in [0.25, 0.3) is 0 Å². The van der Waals surface area contributed by atoms with Crippen molar-refractivity contribution in [1.29, 1.82) is 0 Å². The minimum absolute atomic E-state index is 0.0115. The predicted molar refractivity (Wildman–Crippen MR) is 67.0 cm³/mol. The summed E-state index contributed by atoms with van der Waals surface area (Å²) >= 11 is 0. The van der Waals surface area contributed by atoms with E-state index in [4.69, 9.17) is 4.74 Å². The van der Waals surface area contributed by atoms with Gasteiger partial charge in [-0.3, -0.25) is 4.79 Å². The van der Waals surface area contributed by atoms with Gasteiger partial charge < -0.3 is 14.5 Å². The van der Waals surface area contributed by atoms with Gasteiger partial charge in [-0.1, -0.05) is 13.8 Å². The maximum absolute atomic E-state index is 12.2. The van der Waals surface area contributed by atoms with Crippen LogP contribution in [0.15, 0.2) is 0 Å². The molecule has 5 nitrogen and oxygen atoms in total. The van der Waals surface area contributed by atoms with Gasteiger partial charge in [0.05, 0.1) is 19.1 Å². The number of nitrogens with zero attached hydrogens (tertiary/aromatic N) is 2. The summed E-state index contributed by atoms with van der Waals surface area (Å²) in [5.74, 6) is 0.126. The first-order valence-electron chi connectivity index (χ1n) is 6.68. The van der Waals surface area contributed by atoms with E-state index in [9.17, 15) is 9.59 Å². The molecule has 0 aromatic heterocycles. The lowest BCUT2D eigenvalue weighted by Crippen LogP contribution is -2.46. The molecule has 0 N–H and O–H groups in total. The number of carbonyl (C=O) groups excluding carboxylic acids is 2. The number of hydrogen-bond donors (Lipinski definition) is 0. The summed E-state index contributed by atoms with van der Waals surface area (Å²) in [6, 6.07) is 0.0970. The number of urea groups is 1. The monoisotopic (exact) mass is 254 g/mol. The molecule has 0 aliphatic carbocycles. The van der Waals surface area contributed by atoms with E-state index in [0.717, 1.165) is 25.9 Å². The van der Waals surface area contributed by atoms with Gasteiger partial charge in [-0.2, -0.15) is 0 Å². The van der Waals surface area contributed by atoms with Crippen molar-refractivity contribution in [3.05, 3.63) is 0 Å². The van der Waals surface area contributed by atoms with Gasteiger partial charge in [0.15, 0.2) is 0 Å². The third kappa shape index (κ3) is 2.31. The molecule has 2 fully saturated rings. The van der Waals surface area contributed by atoms with E-state index in [1.165, 1.54) is 7.11 Å². The zero-order valence-corrected chi connectivity index (χ0v) is 11.4. The van der Waals surface area contributed by atoms with E-state index in [2.05, 4.69) is 13.8 Å². The normalized spacial score (nSPS) is 27.7. The van der Waals surface area contributed by atoms with Crippen LogP contribution >= 0.6 is 0 Å². The Bertz CT molecular complexity index is 343. The number of esters is 1. The van der Waals surface area contributed by atoms with Crippen LogP contribution in [-0.4, -0.2) is 54.6 Å². The van der Waals surface area contributed by atoms with Crippen molar-refractivity contribution in [1.82, 2.24) is 9.80 Å². The number of fused-ring (bicyclic) bond motifs is 1. The number of hydrogen-bond acceptors (Lipinski definition) is 3. The van der Waals surface area contributed by atoms with E-state index in [1.54, 1.807) is 0 Å². The summed E-state index contributed by atoms with van der Waals surface area (Å²) in [5, 5.41) is 0. The molecule has 0 aromatic rings. The van der Waals surface area contributed by atoms with Crippen molar-refractivity contribution in [2.75, 3.05) is 26.7 Å². The number of methoxy groups -OCH3 is 1. The molecule has 2 aliphatic rings. The molecule has 102 valence electrons. The van der Waals surface area contributed by atoms with Gasteiger partial charge in [0.1, 0.15) is 0 Å². The van der Waals surface area contributed by atoms with Gasteiger partial charge >= 0.3 is 12.0 Å². The third-order valence-corrected chi connectivity index (χ3v) is 3.79. The molecule has 5 heteroatoms. The van der Waals surface area contributed by atoms with Crippen molar-refractivity contribution < 1.29 is 14.3 Å². The van der Waals surface area contributed by atoms with Gasteiger partial charge in [-0.05, 0) is 18.8 Å². The Balaban J connectivity index is 2.10. The second kappa shape index (κ2) is 5.16. The third-order valence-electron chi connectivity index (χ3n) is 3.79. The first-order valence-corrected chi connectivity index (χ1v) is 6.68. The molecule has 18 heavy (non-hydrogen) atoms. The molecular formula is C13H22N2O3. The molecular weight excluding hydrogens is 232 g/mol. The summed E-state index contributed by atoms with van der Waals surface area (Å²) in [5.41, 5.74) is 0. The van der Waals surface area contributed by atoms with Gasteiger partial charge in [0.2, 0.25) is 0 Å². The first-order chi connectivity index (χ1) is 8.54. The highest BCUT2D eigenvalue weighted by atomic mass is 16.5. The predicted octanol–water partition coefficient (Wildman–Crippen LogP) is 1.33. The molecule has 2 unspecified atom stereocenters. The molecule has 0 bridgehead atoms. The zero-order valence-electron chi connectivity index (χ0n) is 11.4. The Morgan fingerprint density at radius 2 is 2.22 bits per heavy atom. The molecule has 2 amide bonds. The summed E-state index contributed by atoms with van der Waals surface area (Å²) in [4.78, 5) is 27.7. The van der Waals surface area contributed by atoms with Crippen LogP contribution in [0, 0.1) is 11.8 Å². The van der Waals surface area contributed by atoms with E-state index < -0.39 is 0 Å². The van der Waals surface area contributed by atoms with Crippen LogP contribution in [0.5, 0.6) is 0 Å². The SMILES string of the molecule is COC(=O)C1CCCN2C(=O)N(CC(C)C)CC12. The van der Waals surface area contributed by atoms with E-state index in [1.807, 2.05) is 9.80 Å². The molecule has 2 atom stereocenters. The number of piperidine rings is 1. The second-order valence-electron chi connectivity index (χ2n) is 5.61. The maximum Gasteiger partial charge on any atom is 0.320 e. The van der Waals surface area contributed by atoms with Crippen LogP contribution in [0.1, 0.15) is 26.7 Å². The molecule has 0 radical (unpaired) electrons. The van der Waals surface area contributed by atoms with Crippen molar-refractivity contribution >= 4 is 12.0 Å². The maximum atomic E-state index is 12.2. The highest BCUT2D eigenvalue weighted by Crippen LogP contribution is 2.31. The molecule has 2 rings (SSSR count). The lowest BCUT2D eigenvalue weighted by Gasteiger charge is -2.33. The van der Waals surface area contributed by atoms with E-state index >= 15 is 0 Å². The Morgan fingerprint density at radius 3 is 2.83 bits per heavy atom. The van der Waals surface area contributed by atoms with Crippen molar-refractivity contribution in [2.24, 2.45) is 11.8 Å². The Labute approximate surface area is 108 Å². The minimum atomic E-state index is -0.177. The van der Waals surface area contributed by atoms with Crippen LogP contribution in [0.4, 0.5) is 4.79 Å². The second-order valence-corrected chi connectivity index (χ2v) is 5.61. The standard InChI is InChI=1S/C13H22N2O3/c1-9(2)7-14-8-11-10(12(16)18-3)5-4-6-15(11)13(14)17/h9-11H,4-8H2,1-3H3. The fraction of sp³-hybridized carbons (Fsp3) is 0.846. The average Bonchev–Trinajstić information content (AvgIpc) is 2.65. The van der Waals surface area contributed by atoms with Crippen molar-refractivity contribution in [3.8, 4) is 0 Å². The number of ether oxygens (including phenoxy) is 1. The summed E-state index contributed by atoms with van der Waals surface area (Å²) in [7, 11) is 1.42. The van der Waals surface area contributed by atoms with E-state index in [-0.39, 0.29) is 24.0 Å². The largest absolute Gasteiger partial charge is 0.469 e. The minimum Gasteiger partial charge on any atom is -0.469 e. The summed E-state index contributed by atoms with van der Waals surface area (Å²) < 4.78 is 4.85. The lowest BCUT2D eigenvalue weighted by atomic mass is 9.90. The molecule has 2 heterocycles. The zero-order chi connectivity index (χ0) is 13.3. The van der Waals surface area contributed by atoms with Crippen LogP contribution in [0.2, 0.25) is 0 Å². The Kier molecular flexibility index (Phi) is 3.78. The van der Waals surface area contributed by atoms with Gasteiger partial charge in [-0.25, -0.2) is 4.79 Å². The average molecular weight is 254 g/mol. The Morgan fingerprint density at radius 1 is 1.50 bits per heavy atom. The smallest absolute Gasteiger partial charge is 0.320 e. The van der Waals surface area contributed by atoms with Gasteiger partial charge in [-0.15, -0.1) is 0 Å². The quantitative estimate of drug-likeness (QED) is 0.714. The molecule has 0 spiro atoms. The molecule has 2 aliphatic heterocycles. The fourth-order valence-electron chi connectivity index (χ4n) is 3.03. The van der Waals surface area contributed by atoms with Crippen LogP contribution < -0.4 is 0 Å². The highest BCUT2D eigenvalue weighted by molar-refractivity contribution is 5.80. The topological polar surface area (TPSA) is 49.9 Å². The molecule has 0 saturated carbocycles. The number of rotatable bonds is 3. The van der Waals surface area contributed by atoms with Crippen molar-refractivity contribution in [2.45, 2.75) is 32.7 Å². The number of amides is 2. The van der Waals surface area contributed by atoms with Crippen LogP contribution in [-0.2, 0) is 9.53 Å². The van der Waals surface area contributed by atoms with Crippen molar-refractivity contribution in [3.63, 3.8) is 0 Å². The molecule has 2 saturated heterocycles. The first kappa shape index (κ1) is 13.2.